The van der Waals surface area contributed by atoms with E-state index in [2.05, 4.69) is 97.1 Å². The molecule has 7 rings (SSSR count). The minimum absolute atomic E-state index is 0.730. The molecule has 1 aliphatic rings. The zero-order valence-electron chi connectivity index (χ0n) is 20.3. The van der Waals surface area contributed by atoms with E-state index < -0.39 is 0 Å². The Bertz CT molecular complexity index is 1680. The fourth-order valence-electron chi connectivity index (χ4n) is 5.23. The van der Waals surface area contributed by atoms with Gasteiger partial charge in [0.1, 0.15) is 0 Å². The molecule has 0 N–H and O–H groups in total. The van der Waals surface area contributed by atoms with Crippen LogP contribution in [-0.2, 0) is 6.42 Å². The Balaban J connectivity index is 1.34. The molecular formula is C35H24N2. The third kappa shape index (κ3) is 4.03. The van der Waals surface area contributed by atoms with Crippen LogP contribution in [0.15, 0.2) is 133 Å². The van der Waals surface area contributed by atoms with E-state index in [1.807, 2.05) is 36.4 Å². The molecule has 2 nitrogen and oxygen atoms in total. The van der Waals surface area contributed by atoms with Crippen LogP contribution in [0.1, 0.15) is 11.1 Å². The molecule has 37 heavy (non-hydrogen) atoms. The van der Waals surface area contributed by atoms with Gasteiger partial charge in [-0.15, -0.1) is 0 Å². The third-order valence-corrected chi connectivity index (χ3v) is 7.12. The van der Waals surface area contributed by atoms with Crippen LogP contribution >= 0.6 is 0 Å². The smallest absolute Gasteiger partial charge is 0.160 e. The van der Waals surface area contributed by atoms with Crippen molar-refractivity contribution in [3.63, 3.8) is 0 Å². The number of aromatic nitrogens is 2. The monoisotopic (exact) mass is 472 g/mol. The number of fused-ring (bicyclic) bond motifs is 3. The molecule has 1 aliphatic carbocycles. The Kier molecular flexibility index (Phi) is 5.22. The Morgan fingerprint density at radius 2 is 0.946 bits per heavy atom. The van der Waals surface area contributed by atoms with E-state index >= 15 is 0 Å². The SMILES string of the molecule is c1ccc(-c2cc(-c3ccccc3)nc(-c3cccc(-c4ccc5c(c4)-c4ccccc4C5)c3)n2)cc1. The Morgan fingerprint density at radius 1 is 0.378 bits per heavy atom. The number of rotatable bonds is 4. The molecule has 0 unspecified atom stereocenters. The molecule has 1 aromatic heterocycles. The highest BCUT2D eigenvalue weighted by Gasteiger charge is 2.18. The summed E-state index contributed by atoms with van der Waals surface area (Å²) < 4.78 is 0. The second-order valence-electron chi connectivity index (χ2n) is 9.48. The minimum Gasteiger partial charge on any atom is -0.228 e. The van der Waals surface area contributed by atoms with E-state index in [4.69, 9.17) is 9.97 Å². The summed E-state index contributed by atoms with van der Waals surface area (Å²) in [6.07, 6.45) is 1.01. The van der Waals surface area contributed by atoms with Gasteiger partial charge in [-0.25, -0.2) is 9.97 Å². The Hall–Kier alpha value is -4.82. The van der Waals surface area contributed by atoms with E-state index in [0.717, 1.165) is 40.3 Å². The summed E-state index contributed by atoms with van der Waals surface area (Å²) in [5, 5.41) is 0. The predicted molar refractivity (Wildman–Crippen MR) is 152 cm³/mol. The van der Waals surface area contributed by atoms with E-state index in [0.29, 0.717) is 0 Å². The van der Waals surface area contributed by atoms with Crippen molar-refractivity contribution in [1.29, 1.82) is 0 Å². The molecule has 0 bridgehead atoms. The standard InChI is InChI=1S/C35H24N2/c1-3-10-24(11-4-1)33-23-34(25-12-5-2-6-13-25)37-35(36-33)30-16-9-15-26(20-30)27-18-19-29-21-28-14-7-8-17-31(28)32(29)22-27/h1-20,22-23H,21H2. The molecule has 2 heteroatoms. The largest absolute Gasteiger partial charge is 0.228 e. The maximum absolute atomic E-state index is 5.01. The van der Waals surface area contributed by atoms with Gasteiger partial charge in [0.25, 0.3) is 0 Å². The molecule has 0 saturated heterocycles. The fourth-order valence-corrected chi connectivity index (χ4v) is 5.23. The van der Waals surface area contributed by atoms with E-state index in [1.165, 1.54) is 33.4 Å². The maximum atomic E-state index is 5.01. The van der Waals surface area contributed by atoms with Crippen LogP contribution in [0, 0.1) is 0 Å². The lowest BCUT2D eigenvalue weighted by molar-refractivity contribution is 1.18. The summed E-state index contributed by atoms with van der Waals surface area (Å²) in [6, 6.07) is 46.9. The second kappa shape index (κ2) is 9.00. The fraction of sp³-hybridized carbons (Fsp3) is 0.0286. The van der Waals surface area contributed by atoms with E-state index in [9.17, 15) is 0 Å². The van der Waals surface area contributed by atoms with Crippen molar-refractivity contribution in [2.24, 2.45) is 0 Å². The molecule has 0 radical (unpaired) electrons. The van der Waals surface area contributed by atoms with Crippen molar-refractivity contribution >= 4 is 0 Å². The van der Waals surface area contributed by atoms with Gasteiger partial charge in [0.2, 0.25) is 0 Å². The Labute approximate surface area is 217 Å². The van der Waals surface area contributed by atoms with Gasteiger partial charge < -0.3 is 0 Å². The highest BCUT2D eigenvalue weighted by atomic mass is 14.9. The Morgan fingerprint density at radius 3 is 1.68 bits per heavy atom. The van der Waals surface area contributed by atoms with Gasteiger partial charge in [-0.2, -0.15) is 0 Å². The molecule has 6 aromatic rings. The number of nitrogens with zero attached hydrogens (tertiary/aromatic N) is 2. The first-order valence-electron chi connectivity index (χ1n) is 12.6. The predicted octanol–water partition coefficient (Wildman–Crippen LogP) is 8.72. The van der Waals surface area contributed by atoms with Gasteiger partial charge in [-0.1, -0.05) is 115 Å². The van der Waals surface area contributed by atoms with Crippen LogP contribution in [0.3, 0.4) is 0 Å². The number of benzene rings is 5. The average Bonchev–Trinajstić information content (AvgIpc) is 3.36. The first kappa shape index (κ1) is 21.5. The third-order valence-electron chi connectivity index (χ3n) is 7.12. The molecule has 0 atom stereocenters. The quantitative estimate of drug-likeness (QED) is 0.256. The van der Waals surface area contributed by atoms with Crippen molar-refractivity contribution in [3.05, 3.63) is 145 Å². The summed E-state index contributed by atoms with van der Waals surface area (Å²) in [6.45, 7) is 0. The van der Waals surface area contributed by atoms with Crippen molar-refractivity contribution < 1.29 is 0 Å². The summed E-state index contributed by atoms with van der Waals surface area (Å²) in [5.41, 5.74) is 12.9. The summed E-state index contributed by atoms with van der Waals surface area (Å²) in [7, 11) is 0. The summed E-state index contributed by atoms with van der Waals surface area (Å²) >= 11 is 0. The highest BCUT2D eigenvalue weighted by Crippen LogP contribution is 2.39. The number of hydrogen-bond donors (Lipinski definition) is 0. The lowest BCUT2D eigenvalue weighted by Gasteiger charge is -2.11. The van der Waals surface area contributed by atoms with Crippen LogP contribution in [0.25, 0.3) is 56.2 Å². The van der Waals surface area contributed by atoms with Gasteiger partial charge in [0.05, 0.1) is 11.4 Å². The molecule has 5 aromatic carbocycles. The van der Waals surface area contributed by atoms with Crippen molar-refractivity contribution in [1.82, 2.24) is 9.97 Å². The lowest BCUT2D eigenvalue weighted by atomic mass is 9.97. The van der Waals surface area contributed by atoms with Gasteiger partial charge in [0, 0.05) is 16.7 Å². The van der Waals surface area contributed by atoms with Crippen LogP contribution in [0.5, 0.6) is 0 Å². The minimum atomic E-state index is 0.730. The van der Waals surface area contributed by atoms with Gasteiger partial charge >= 0.3 is 0 Å². The zero-order valence-corrected chi connectivity index (χ0v) is 20.3. The van der Waals surface area contributed by atoms with Crippen molar-refractivity contribution in [2.45, 2.75) is 6.42 Å². The van der Waals surface area contributed by atoms with Crippen LogP contribution < -0.4 is 0 Å². The topological polar surface area (TPSA) is 25.8 Å². The van der Waals surface area contributed by atoms with Crippen LogP contribution in [-0.4, -0.2) is 9.97 Å². The molecule has 0 saturated carbocycles. The second-order valence-corrected chi connectivity index (χ2v) is 9.48. The molecule has 0 aliphatic heterocycles. The molecule has 174 valence electrons. The first-order valence-corrected chi connectivity index (χ1v) is 12.6. The van der Waals surface area contributed by atoms with E-state index in [1.54, 1.807) is 0 Å². The van der Waals surface area contributed by atoms with Crippen molar-refractivity contribution in [2.75, 3.05) is 0 Å². The maximum Gasteiger partial charge on any atom is 0.160 e. The summed E-state index contributed by atoms with van der Waals surface area (Å²) in [5.74, 6) is 0.730. The number of hydrogen-bond acceptors (Lipinski definition) is 2. The lowest BCUT2D eigenvalue weighted by Crippen LogP contribution is -1.96. The molecular weight excluding hydrogens is 448 g/mol. The van der Waals surface area contributed by atoms with Gasteiger partial charge in [-0.05, 0) is 58.0 Å². The average molecular weight is 473 g/mol. The molecule has 1 heterocycles. The van der Waals surface area contributed by atoms with Gasteiger partial charge in [-0.3, -0.25) is 0 Å². The van der Waals surface area contributed by atoms with Crippen molar-refractivity contribution in [3.8, 4) is 56.2 Å². The van der Waals surface area contributed by atoms with Crippen LogP contribution in [0.4, 0.5) is 0 Å². The summed E-state index contributed by atoms with van der Waals surface area (Å²) in [4.78, 5) is 10.0. The molecule has 0 spiro atoms. The molecule has 0 fully saturated rings. The normalized spacial score (nSPS) is 11.7. The molecule has 0 amide bonds. The first-order chi connectivity index (χ1) is 18.3. The van der Waals surface area contributed by atoms with Gasteiger partial charge in [0.15, 0.2) is 5.82 Å². The zero-order chi connectivity index (χ0) is 24.6. The highest BCUT2D eigenvalue weighted by molar-refractivity contribution is 5.82. The van der Waals surface area contributed by atoms with Crippen LogP contribution in [0.2, 0.25) is 0 Å². The van der Waals surface area contributed by atoms with E-state index in [-0.39, 0.29) is 0 Å².